The molecule has 2 fully saturated rings. The SMILES string of the molecule is COc1ccc(NC(=O)NC2C3COC(O3)C(N(C)CCc3ccccn3)C2O)cc1. The molecule has 2 amide bonds. The number of aliphatic hydroxyl groups excluding tert-OH is 1. The van der Waals surface area contributed by atoms with Crippen LogP contribution in [0.15, 0.2) is 48.7 Å². The Hall–Kier alpha value is -2.72. The van der Waals surface area contributed by atoms with Crippen LogP contribution in [0.4, 0.5) is 10.5 Å². The van der Waals surface area contributed by atoms with Gasteiger partial charge in [-0.25, -0.2) is 4.79 Å². The summed E-state index contributed by atoms with van der Waals surface area (Å²) in [6.07, 6.45) is 0.715. The van der Waals surface area contributed by atoms with Gasteiger partial charge < -0.3 is 30.0 Å². The molecule has 5 unspecified atom stereocenters. The second-order valence-electron chi connectivity index (χ2n) is 7.76. The van der Waals surface area contributed by atoms with Crippen LogP contribution in [-0.4, -0.2) is 78.9 Å². The molecule has 0 aliphatic carbocycles. The minimum absolute atomic E-state index is 0.319. The van der Waals surface area contributed by atoms with Crippen molar-refractivity contribution in [3.63, 3.8) is 0 Å². The Morgan fingerprint density at radius 2 is 2.10 bits per heavy atom. The highest BCUT2D eigenvalue weighted by molar-refractivity contribution is 5.89. The molecule has 1 aromatic heterocycles. The number of urea groups is 1. The molecule has 0 saturated carbocycles. The number of carbonyl (C=O) groups excluding carboxylic acids is 1. The fourth-order valence-corrected chi connectivity index (χ4v) is 4.03. The number of rotatable bonds is 7. The number of pyridine rings is 1. The number of aliphatic hydroxyl groups is 1. The van der Waals surface area contributed by atoms with E-state index in [9.17, 15) is 9.90 Å². The highest BCUT2D eigenvalue weighted by Gasteiger charge is 2.51. The molecule has 2 aliphatic rings. The number of nitrogens with one attached hydrogen (secondary N) is 2. The summed E-state index contributed by atoms with van der Waals surface area (Å²) in [5, 5.41) is 16.7. The molecular weight excluding hydrogens is 400 g/mol. The normalized spacial score (nSPS) is 27.2. The second-order valence-corrected chi connectivity index (χ2v) is 7.76. The van der Waals surface area contributed by atoms with Gasteiger partial charge in [-0.05, 0) is 43.4 Å². The van der Waals surface area contributed by atoms with Crippen LogP contribution < -0.4 is 15.4 Å². The van der Waals surface area contributed by atoms with E-state index in [4.69, 9.17) is 14.2 Å². The van der Waals surface area contributed by atoms with Gasteiger partial charge >= 0.3 is 6.03 Å². The third-order valence-electron chi connectivity index (χ3n) is 5.73. The van der Waals surface area contributed by atoms with Crippen molar-refractivity contribution in [2.45, 2.75) is 37.0 Å². The molecule has 2 aromatic rings. The van der Waals surface area contributed by atoms with Gasteiger partial charge in [0.2, 0.25) is 0 Å². The van der Waals surface area contributed by atoms with Gasteiger partial charge in [-0.15, -0.1) is 0 Å². The molecule has 1 aromatic carbocycles. The summed E-state index contributed by atoms with van der Waals surface area (Å²) in [5.74, 6) is 0.702. The van der Waals surface area contributed by atoms with Crippen LogP contribution in [0.3, 0.4) is 0 Å². The maximum Gasteiger partial charge on any atom is 0.319 e. The largest absolute Gasteiger partial charge is 0.497 e. The molecule has 9 heteroatoms. The highest BCUT2D eigenvalue weighted by atomic mass is 16.7. The van der Waals surface area contributed by atoms with E-state index in [1.54, 1.807) is 37.6 Å². The third kappa shape index (κ3) is 4.96. The first-order valence-electron chi connectivity index (χ1n) is 10.3. The number of amides is 2. The number of hydrogen-bond acceptors (Lipinski definition) is 7. The number of methoxy groups -OCH3 is 1. The van der Waals surface area contributed by atoms with E-state index in [0.29, 0.717) is 24.6 Å². The van der Waals surface area contributed by atoms with E-state index in [1.807, 2.05) is 30.1 Å². The molecular formula is C22H28N4O5. The maximum atomic E-state index is 12.6. The minimum Gasteiger partial charge on any atom is -0.497 e. The molecule has 4 rings (SSSR count). The summed E-state index contributed by atoms with van der Waals surface area (Å²) < 4.78 is 16.8. The third-order valence-corrected chi connectivity index (χ3v) is 5.73. The van der Waals surface area contributed by atoms with Gasteiger partial charge in [0.1, 0.15) is 11.9 Å². The summed E-state index contributed by atoms with van der Waals surface area (Å²) in [5.41, 5.74) is 1.59. The molecule has 3 heterocycles. The lowest BCUT2D eigenvalue weighted by Gasteiger charge is -2.42. The van der Waals surface area contributed by atoms with Gasteiger partial charge in [0.15, 0.2) is 6.29 Å². The predicted octanol–water partition coefficient (Wildman–Crippen LogP) is 1.24. The number of carbonyl (C=O) groups is 1. The number of ether oxygens (including phenoxy) is 3. The molecule has 3 N–H and O–H groups in total. The van der Waals surface area contributed by atoms with Gasteiger partial charge in [-0.3, -0.25) is 9.88 Å². The summed E-state index contributed by atoms with van der Waals surface area (Å²) in [6.45, 7) is 0.983. The molecule has 2 aliphatic heterocycles. The number of fused-ring (bicyclic) bond motifs is 2. The summed E-state index contributed by atoms with van der Waals surface area (Å²) >= 11 is 0. The van der Waals surface area contributed by atoms with Crippen molar-refractivity contribution in [3.05, 3.63) is 54.4 Å². The summed E-state index contributed by atoms with van der Waals surface area (Å²) in [4.78, 5) is 18.9. The zero-order chi connectivity index (χ0) is 21.8. The first-order valence-corrected chi connectivity index (χ1v) is 10.3. The van der Waals surface area contributed by atoms with Crippen LogP contribution in [0.2, 0.25) is 0 Å². The molecule has 166 valence electrons. The number of nitrogens with zero attached hydrogens (tertiary/aromatic N) is 2. The van der Waals surface area contributed by atoms with E-state index in [0.717, 1.165) is 12.1 Å². The lowest BCUT2D eigenvalue weighted by Crippen LogP contribution is -2.65. The van der Waals surface area contributed by atoms with Crippen molar-refractivity contribution in [2.24, 2.45) is 0 Å². The lowest BCUT2D eigenvalue weighted by atomic mass is 9.95. The van der Waals surface area contributed by atoms with Crippen molar-refractivity contribution in [2.75, 3.05) is 32.6 Å². The van der Waals surface area contributed by atoms with Gasteiger partial charge in [-0.1, -0.05) is 6.07 Å². The fourth-order valence-electron chi connectivity index (χ4n) is 4.03. The monoisotopic (exact) mass is 428 g/mol. The average Bonchev–Trinajstić information content (AvgIpc) is 3.21. The zero-order valence-corrected chi connectivity index (χ0v) is 17.6. The first kappa shape index (κ1) is 21.5. The lowest BCUT2D eigenvalue weighted by molar-refractivity contribution is -0.176. The van der Waals surface area contributed by atoms with Crippen molar-refractivity contribution in [3.8, 4) is 5.75 Å². The Morgan fingerprint density at radius 3 is 2.81 bits per heavy atom. The smallest absolute Gasteiger partial charge is 0.319 e. The van der Waals surface area contributed by atoms with Crippen molar-refractivity contribution >= 4 is 11.7 Å². The van der Waals surface area contributed by atoms with Gasteiger partial charge in [0.05, 0.1) is 31.9 Å². The Balaban J connectivity index is 1.37. The predicted molar refractivity (Wildman–Crippen MR) is 114 cm³/mol. The Bertz CT molecular complexity index is 866. The van der Waals surface area contributed by atoms with E-state index < -0.39 is 36.6 Å². The van der Waals surface area contributed by atoms with Crippen LogP contribution >= 0.6 is 0 Å². The van der Waals surface area contributed by atoms with Crippen molar-refractivity contribution in [1.29, 1.82) is 0 Å². The summed E-state index contributed by atoms with van der Waals surface area (Å²) in [6, 6.07) is 11.4. The number of anilines is 1. The van der Waals surface area contributed by atoms with E-state index >= 15 is 0 Å². The van der Waals surface area contributed by atoms with E-state index in [1.165, 1.54) is 0 Å². The molecule has 0 spiro atoms. The Labute approximate surface area is 181 Å². The molecule has 2 saturated heterocycles. The molecule has 31 heavy (non-hydrogen) atoms. The topological polar surface area (TPSA) is 105 Å². The van der Waals surface area contributed by atoms with Crippen LogP contribution in [0, 0.1) is 0 Å². The molecule has 5 atom stereocenters. The first-order chi connectivity index (χ1) is 15.0. The van der Waals surface area contributed by atoms with Crippen molar-refractivity contribution in [1.82, 2.24) is 15.2 Å². The quantitative estimate of drug-likeness (QED) is 0.609. The second kappa shape index (κ2) is 9.61. The van der Waals surface area contributed by atoms with Gasteiger partial charge in [-0.2, -0.15) is 0 Å². The number of benzene rings is 1. The molecule has 2 bridgehead atoms. The van der Waals surface area contributed by atoms with Gasteiger partial charge in [0.25, 0.3) is 0 Å². The average molecular weight is 428 g/mol. The van der Waals surface area contributed by atoms with E-state index in [-0.39, 0.29) is 0 Å². The van der Waals surface area contributed by atoms with Gasteiger partial charge in [0, 0.05) is 30.5 Å². The minimum atomic E-state index is -0.846. The Morgan fingerprint density at radius 1 is 1.29 bits per heavy atom. The highest BCUT2D eigenvalue weighted by Crippen LogP contribution is 2.31. The van der Waals surface area contributed by atoms with Crippen LogP contribution in [0.25, 0.3) is 0 Å². The maximum absolute atomic E-state index is 12.6. The number of aromatic nitrogens is 1. The zero-order valence-electron chi connectivity index (χ0n) is 17.6. The Kier molecular flexibility index (Phi) is 6.67. The van der Waals surface area contributed by atoms with Crippen LogP contribution in [0.5, 0.6) is 5.75 Å². The standard InChI is InChI=1S/C22H28N4O5/c1-26(12-10-14-5-3-4-11-23-14)19-20(27)18(17-13-30-21(19)31-17)25-22(28)24-15-6-8-16(29-2)9-7-15/h3-9,11,17-21,27H,10,12-13H2,1-2H3,(H2,24,25,28). The van der Waals surface area contributed by atoms with Crippen LogP contribution in [-0.2, 0) is 15.9 Å². The number of likely N-dealkylation sites (N-methyl/N-ethyl adjacent to an activating group) is 1. The molecule has 9 nitrogen and oxygen atoms in total. The molecule has 0 radical (unpaired) electrons. The number of hydrogen-bond donors (Lipinski definition) is 3. The van der Waals surface area contributed by atoms with Crippen LogP contribution in [0.1, 0.15) is 5.69 Å². The summed E-state index contributed by atoms with van der Waals surface area (Å²) in [7, 11) is 3.50. The fraction of sp³-hybridized carbons (Fsp3) is 0.455. The van der Waals surface area contributed by atoms with Crippen molar-refractivity contribution < 1.29 is 24.1 Å². The van der Waals surface area contributed by atoms with E-state index in [2.05, 4.69) is 15.6 Å².